The van der Waals surface area contributed by atoms with Crippen molar-refractivity contribution in [3.63, 3.8) is 0 Å². The number of para-hydroxylation sites is 2. The van der Waals surface area contributed by atoms with Gasteiger partial charge in [-0.2, -0.15) is 10.5 Å². The van der Waals surface area contributed by atoms with Crippen molar-refractivity contribution in [2.75, 3.05) is 0 Å². The Morgan fingerprint density at radius 3 is 1.69 bits per heavy atom. The molecule has 0 N–H and O–H groups in total. The highest BCUT2D eigenvalue weighted by atomic mass is 15.0. The van der Waals surface area contributed by atoms with Crippen LogP contribution in [-0.2, 0) is 0 Å². The summed E-state index contributed by atoms with van der Waals surface area (Å²) in [6, 6.07) is 59.0. The topological polar surface area (TPSA) is 57.4 Å². The van der Waals surface area contributed by atoms with Crippen LogP contribution in [-0.4, -0.2) is 9.13 Å². The minimum atomic E-state index is 0.484. The van der Waals surface area contributed by atoms with E-state index in [0.717, 1.165) is 44.4 Å². The Labute approximate surface area is 277 Å². The van der Waals surface area contributed by atoms with E-state index in [1.165, 1.54) is 27.3 Å². The highest BCUT2D eigenvalue weighted by Gasteiger charge is 2.21. The first-order valence-corrected chi connectivity index (χ1v) is 15.9. The predicted molar refractivity (Wildman–Crippen MR) is 195 cm³/mol. The van der Waals surface area contributed by atoms with Gasteiger partial charge < -0.3 is 9.13 Å². The minimum absolute atomic E-state index is 0.484. The summed E-state index contributed by atoms with van der Waals surface area (Å²) in [4.78, 5) is 0. The molecule has 9 rings (SSSR count). The number of hydrogen-bond acceptors (Lipinski definition) is 2. The van der Waals surface area contributed by atoms with Crippen LogP contribution in [0, 0.1) is 22.7 Å². The summed E-state index contributed by atoms with van der Waals surface area (Å²) < 4.78 is 4.71. The van der Waals surface area contributed by atoms with Crippen molar-refractivity contribution in [2.45, 2.75) is 0 Å². The van der Waals surface area contributed by atoms with Gasteiger partial charge in [-0.05, 0) is 71.3 Å². The number of benzene rings is 7. The van der Waals surface area contributed by atoms with Crippen LogP contribution in [0.15, 0.2) is 158 Å². The van der Waals surface area contributed by atoms with Crippen molar-refractivity contribution in [1.29, 1.82) is 10.5 Å². The van der Waals surface area contributed by atoms with Crippen LogP contribution in [0.1, 0.15) is 11.1 Å². The maximum Gasteiger partial charge on any atom is 0.0998 e. The first-order chi connectivity index (χ1) is 23.7. The Balaban J connectivity index is 1.37. The lowest BCUT2D eigenvalue weighted by Crippen LogP contribution is -1.97. The fourth-order valence-corrected chi connectivity index (χ4v) is 7.36. The first-order valence-electron chi connectivity index (χ1n) is 15.9. The number of rotatable bonds is 4. The van der Waals surface area contributed by atoms with E-state index in [9.17, 15) is 10.5 Å². The van der Waals surface area contributed by atoms with Crippen LogP contribution < -0.4 is 0 Å². The van der Waals surface area contributed by atoms with Gasteiger partial charge in [0.05, 0.1) is 45.3 Å². The molecule has 0 fully saturated rings. The molecule has 222 valence electrons. The van der Waals surface area contributed by atoms with Gasteiger partial charge in [-0.15, -0.1) is 0 Å². The second-order valence-electron chi connectivity index (χ2n) is 12.0. The zero-order chi connectivity index (χ0) is 32.2. The quantitative estimate of drug-likeness (QED) is 0.199. The molecule has 0 bridgehead atoms. The smallest absolute Gasteiger partial charge is 0.0998 e. The van der Waals surface area contributed by atoms with Gasteiger partial charge in [0, 0.05) is 38.5 Å². The zero-order valence-electron chi connectivity index (χ0n) is 25.8. The van der Waals surface area contributed by atoms with Crippen LogP contribution >= 0.6 is 0 Å². The van der Waals surface area contributed by atoms with Crippen LogP contribution in [0.3, 0.4) is 0 Å². The highest BCUT2D eigenvalue weighted by Crippen LogP contribution is 2.42. The summed E-state index contributed by atoms with van der Waals surface area (Å²) in [5.41, 5.74) is 11.3. The van der Waals surface area contributed by atoms with E-state index < -0.39 is 0 Å². The van der Waals surface area contributed by atoms with E-state index in [-0.39, 0.29) is 0 Å². The van der Waals surface area contributed by atoms with Crippen LogP contribution in [0.2, 0.25) is 0 Å². The van der Waals surface area contributed by atoms with Crippen LogP contribution in [0.5, 0.6) is 0 Å². The normalized spacial score (nSPS) is 11.3. The van der Waals surface area contributed by atoms with Gasteiger partial charge in [0.2, 0.25) is 0 Å². The fourth-order valence-electron chi connectivity index (χ4n) is 7.36. The van der Waals surface area contributed by atoms with Crippen molar-refractivity contribution < 1.29 is 0 Å². The average Bonchev–Trinajstić information content (AvgIpc) is 3.68. The summed E-state index contributed by atoms with van der Waals surface area (Å²) in [6.45, 7) is 0. The zero-order valence-corrected chi connectivity index (χ0v) is 25.8. The molecule has 0 unspecified atom stereocenters. The number of fused-ring (bicyclic) bond motifs is 7. The Hall–Kier alpha value is -6.88. The highest BCUT2D eigenvalue weighted by molar-refractivity contribution is 6.26. The molecule has 0 spiro atoms. The van der Waals surface area contributed by atoms with Crippen LogP contribution in [0.4, 0.5) is 0 Å². The molecule has 2 heterocycles. The number of aromatic nitrogens is 2. The predicted octanol–water partition coefficient (Wildman–Crippen LogP) is 11.0. The first kappa shape index (κ1) is 27.4. The molecule has 0 radical (unpaired) electrons. The van der Waals surface area contributed by atoms with Crippen molar-refractivity contribution in [3.8, 4) is 45.8 Å². The van der Waals surface area contributed by atoms with Crippen molar-refractivity contribution >= 4 is 43.6 Å². The maximum absolute atomic E-state index is 9.93. The van der Waals surface area contributed by atoms with Crippen LogP contribution in [0.25, 0.3) is 77.2 Å². The molecule has 48 heavy (non-hydrogen) atoms. The summed E-state index contributed by atoms with van der Waals surface area (Å²) in [5.74, 6) is 0. The number of nitriles is 2. The van der Waals surface area contributed by atoms with Gasteiger partial charge in [-0.1, -0.05) is 103 Å². The summed E-state index contributed by atoms with van der Waals surface area (Å²) in [7, 11) is 0. The van der Waals surface area contributed by atoms with E-state index in [2.05, 4.69) is 143 Å². The molecule has 0 amide bonds. The molecular weight excluding hydrogens is 585 g/mol. The molecule has 0 saturated heterocycles. The summed E-state index contributed by atoms with van der Waals surface area (Å²) in [6.07, 6.45) is 0. The monoisotopic (exact) mass is 610 g/mol. The van der Waals surface area contributed by atoms with E-state index in [1.807, 2.05) is 18.2 Å². The molecule has 4 nitrogen and oxygen atoms in total. The van der Waals surface area contributed by atoms with E-state index >= 15 is 0 Å². The van der Waals surface area contributed by atoms with Crippen molar-refractivity contribution in [1.82, 2.24) is 9.13 Å². The fraction of sp³-hybridized carbons (Fsp3) is 0. The second kappa shape index (κ2) is 10.9. The Kier molecular flexibility index (Phi) is 6.22. The van der Waals surface area contributed by atoms with Crippen molar-refractivity contribution in [3.05, 3.63) is 169 Å². The molecule has 0 atom stereocenters. The lowest BCUT2D eigenvalue weighted by atomic mass is 9.95. The minimum Gasteiger partial charge on any atom is -0.309 e. The van der Waals surface area contributed by atoms with E-state index in [1.54, 1.807) is 18.2 Å². The lowest BCUT2D eigenvalue weighted by molar-refractivity contribution is 1.17. The number of nitrogens with zero attached hydrogens (tertiary/aromatic N) is 4. The Bertz CT molecular complexity index is 2770. The third kappa shape index (κ3) is 4.07. The SMILES string of the molecule is N#Cc1cccc(C#N)c1-c1cccc(-n2c3ccccc3c3c2ccc2c4ccccc4n(-c4cccc(-c5ccccc5)c4)c23)c1. The standard InChI is InChI=1S/C44H26N4/c45-27-32-15-8-16-33(28-46)42(32)31-14-10-17-34(26-31)47-40-22-7-5-20-38(40)43-41(47)24-23-37-36-19-4-6-21-39(36)48(44(37)43)35-18-9-13-30(25-35)29-11-2-1-3-12-29/h1-26H. The lowest BCUT2D eigenvalue weighted by Gasteiger charge is -2.13. The summed E-state index contributed by atoms with van der Waals surface area (Å²) in [5, 5.41) is 24.6. The second-order valence-corrected chi connectivity index (χ2v) is 12.0. The maximum atomic E-state index is 9.93. The van der Waals surface area contributed by atoms with Gasteiger partial charge in [0.25, 0.3) is 0 Å². The molecule has 7 aromatic carbocycles. The molecule has 0 saturated carbocycles. The average molecular weight is 611 g/mol. The Morgan fingerprint density at radius 1 is 0.396 bits per heavy atom. The van der Waals surface area contributed by atoms with E-state index in [0.29, 0.717) is 16.7 Å². The molecule has 4 heteroatoms. The van der Waals surface area contributed by atoms with Gasteiger partial charge in [0.1, 0.15) is 0 Å². The summed E-state index contributed by atoms with van der Waals surface area (Å²) >= 11 is 0. The van der Waals surface area contributed by atoms with Gasteiger partial charge in [-0.25, -0.2) is 0 Å². The molecule has 0 aliphatic carbocycles. The molecule has 2 aromatic heterocycles. The third-order valence-electron chi connectivity index (χ3n) is 9.38. The third-order valence-corrected chi connectivity index (χ3v) is 9.38. The van der Waals surface area contributed by atoms with Gasteiger partial charge in [0.15, 0.2) is 0 Å². The van der Waals surface area contributed by atoms with Gasteiger partial charge >= 0.3 is 0 Å². The molecule has 9 aromatic rings. The van der Waals surface area contributed by atoms with E-state index in [4.69, 9.17) is 0 Å². The Morgan fingerprint density at radius 2 is 0.958 bits per heavy atom. The van der Waals surface area contributed by atoms with Crippen molar-refractivity contribution in [2.24, 2.45) is 0 Å². The molecule has 0 aliphatic rings. The van der Waals surface area contributed by atoms with Gasteiger partial charge in [-0.3, -0.25) is 0 Å². The number of hydrogen-bond donors (Lipinski definition) is 0. The largest absolute Gasteiger partial charge is 0.309 e. The molecular formula is C44H26N4. The molecule has 0 aliphatic heterocycles.